The van der Waals surface area contributed by atoms with E-state index in [1.165, 1.54) is 18.4 Å². The van der Waals surface area contributed by atoms with Gasteiger partial charge in [0.05, 0.1) is 6.26 Å². The van der Waals surface area contributed by atoms with Gasteiger partial charge in [0, 0.05) is 11.5 Å². The number of carbonyl (C=O) groups is 1. The molecule has 0 aromatic heterocycles. The summed E-state index contributed by atoms with van der Waals surface area (Å²) >= 11 is 0. The topological polar surface area (TPSA) is 26.3 Å². The summed E-state index contributed by atoms with van der Waals surface area (Å²) in [5.74, 6) is 1.14. The van der Waals surface area contributed by atoms with Gasteiger partial charge in [0.25, 0.3) is 0 Å². The molecule has 0 amide bonds. The van der Waals surface area contributed by atoms with Crippen LogP contribution in [0.5, 0.6) is 0 Å². The Kier molecular flexibility index (Phi) is 5.44. The van der Waals surface area contributed by atoms with E-state index in [0.29, 0.717) is 17.4 Å². The number of ether oxygens (including phenoxy) is 1. The standard InChI is InChI=1S/C20H28O2/c1-15-10-11-18(19(12-15)22-14-16(2)13-21)20(3,4)17-8-6-5-7-9-17/h5-9,13-15,18-19H,10-12H2,1-4H3/b16-14+/t15-,18-,19-/m0/s1. The van der Waals surface area contributed by atoms with E-state index >= 15 is 0 Å². The molecule has 1 aliphatic carbocycles. The minimum atomic E-state index is 0.0645. The maximum absolute atomic E-state index is 10.8. The van der Waals surface area contributed by atoms with Crippen LogP contribution < -0.4 is 0 Å². The zero-order valence-corrected chi connectivity index (χ0v) is 14.2. The van der Waals surface area contributed by atoms with Gasteiger partial charge >= 0.3 is 0 Å². The summed E-state index contributed by atoms with van der Waals surface area (Å²) in [6.45, 7) is 8.71. The van der Waals surface area contributed by atoms with E-state index in [4.69, 9.17) is 4.74 Å². The number of benzene rings is 1. The van der Waals surface area contributed by atoms with Crippen LogP contribution in [0.1, 0.15) is 52.5 Å². The van der Waals surface area contributed by atoms with Crippen molar-refractivity contribution in [3.8, 4) is 0 Å². The van der Waals surface area contributed by atoms with E-state index < -0.39 is 0 Å². The van der Waals surface area contributed by atoms with Gasteiger partial charge in [-0.2, -0.15) is 0 Å². The number of allylic oxidation sites excluding steroid dienone is 1. The molecule has 0 saturated heterocycles. The maximum atomic E-state index is 10.8. The van der Waals surface area contributed by atoms with Crippen molar-refractivity contribution in [2.75, 3.05) is 0 Å². The number of hydrogen-bond acceptors (Lipinski definition) is 2. The Labute approximate surface area is 134 Å². The molecule has 0 N–H and O–H groups in total. The molecule has 22 heavy (non-hydrogen) atoms. The Morgan fingerprint density at radius 2 is 1.91 bits per heavy atom. The third-order valence-electron chi connectivity index (χ3n) is 5.11. The quantitative estimate of drug-likeness (QED) is 0.440. The highest BCUT2D eigenvalue weighted by Crippen LogP contribution is 2.43. The van der Waals surface area contributed by atoms with Crippen molar-refractivity contribution in [3.63, 3.8) is 0 Å². The Morgan fingerprint density at radius 1 is 1.23 bits per heavy atom. The second-order valence-electron chi connectivity index (χ2n) is 7.27. The molecule has 0 aliphatic heterocycles. The number of rotatable bonds is 5. The first-order valence-corrected chi connectivity index (χ1v) is 8.28. The Balaban J connectivity index is 2.23. The van der Waals surface area contributed by atoms with E-state index in [1.54, 1.807) is 13.2 Å². The van der Waals surface area contributed by atoms with Gasteiger partial charge in [0.1, 0.15) is 12.4 Å². The van der Waals surface area contributed by atoms with Gasteiger partial charge < -0.3 is 4.74 Å². The third kappa shape index (κ3) is 3.79. The largest absolute Gasteiger partial charge is 0.497 e. The first kappa shape index (κ1) is 16.8. The van der Waals surface area contributed by atoms with Gasteiger partial charge in [-0.1, -0.05) is 57.5 Å². The molecular weight excluding hydrogens is 272 g/mol. The lowest BCUT2D eigenvalue weighted by atomic mass is 9.64. The Morgan fingerprint density at radius 3 is 2.55 bits per heavy atom. The highest BCUT2D eigenvalue weighted by atomic mass is 16.5. The molecule has 0 heterocycles. The summed E-state index contributed by atoms with van der Waals surface area (Å²) in [7, 11) is 0. The lowest BCUT2D eigenvalue weighted by Gasteiger charge is -2.44. The van der Waals surface area contributed by atoms with Crippen molar-refractivity contribution >= 4 is 6.29 Å². The minimum absolute atomic E-state index is 0.0645. The van der Waals surface area contributed by atoms with Gasteiger partial charge in [-0.3, -0.25) is 4.79 Å². The van der Waals surface area contributed by atoms with Crippen molar-refractivity contribution in [1.82, 2.24) is 0 Å². The first-order valence-electron chi connectivity index (χ1n) is 8.28. The smallest absolute Gasteiger partial charge is 0.148 e. The Bertz CT molecular complexity index is 516. The summed E-state index contributed by atoms with van der Waals surface area (Å²) in [5.41, 5.74) is 2.07. The van der Waals surface area contributed by atoms with Crippen LogP contribution in [0.2, 0.25) is 0 Å². The molecular formula is C20H28O2. The fourth-order valence-corrected chi connectivity index (χ4v) is 3.61. The van der Waals surface area contributed by atoms with E-state index in [9.17, 15) is 4.79 Å². The molecule has 1 aromatic carbocycles. The fourth-order valence-electron chi connectivity index (χ4n) is 3.61. The molecule has 1 fully saturated rings. The second kappa shape index (κ2) is 7.13. The summed E-state index contributed by atoms with van der Waals surface area (Å²) in [5, 5.41) is 0. The predicted molar refractivity (Wildman–Crippen MR) is 90.7 cm³/mol. The normalized spacial score (nSPS) is 26.5. The molecule has 0 radical (unpaired) electrons. The van der Waals surface area contributed by atoms with Crippen LogP contribution in [-0.4, -0.2) is 12.4 Å². The zero-order valence-electron chi connectivity index (χ0n) is 14.2. The second-order valence-corrected chi connectivity index (χ2v) is 7.27. The van der Waals surface area contributed by atoms with Crippen LogP contribution in [0, 0.1) is 11.8 Å². The van der Waals surface area contributed by atoms with E-state index in [0.717, 1.165) is 12.7 Å². The Hall–Kier alpha value is -1.57. The number of hydrogen-bond donors (Lipinski definition) is 0. The van der Waals surface area contributed by atoms with Crippen LogP contribution in [0.3, 0.4) is 0 Å². The lowest BCUT2D eigenvalue weighted by Crippen LogP contribution is -2.42. The van der Waals surface area contributed by atoms with E-state index in [1.807, 2.05) is 0 Å². The summed E-state index contributed by atoms with van der Waals surface area (Å²) in [6, 6.07) is 10.7. The van der Waals surface area contributed by atoms with Gasteiger partial charge in [-0.05, 0) is 36.7 Å². The molecule has 2 heteroatoms. The van der Waals surface area contributed by atoms with Crippen molar-refractivity contribution in [1.29, 1.82) is 0 Å². The van der Waals surface area contributed by atoms with Crippen LogP contribution in [0.15, 0.2) is 42.2 Å². The lowest BCUT2D eigenvalue weighted by molar-refractivity contribution is -0.105. The highest BCUT2D eigenvalue weighted by molar-refractivity contribution is 5.71. The van der Waals surface area contributed by atoms with Crippen molar-refractivity contribution in [3.05, 3.63) is 47.7 Å². The third-order valence-corrected chi connectivity index (χ3v) is 5.11. The van der Waals surface area contributed by atoms with Crippen molar-refractivity contribution < 1.29 is 9.53 Å². The number of aldehydes is 1. The maximum Gasteiger partial charge on any atom is 0.148 e. The molecule has 0 spiro atoms. The van der Waals surface area contributed by atoms with Crippen molar-refractivity contribution in [2.24, 2.45) is 11.8 Å². The average molecular weight is 300 g/mol. The highest BCUT2D eigenvalue weighted by Gasteiger charge is 2.40. The molecule has 2 nitrogen and oxygen atoms in total. The SMILES string of the molecule is C/C(C=O)=C\O[C@H]1C[C@@H](C)CC[C@@H]1C(C)(C)c1ccccc1. The van der Waals surface area contributed by atoms with E-state index in [2.05, 4.69) is 51.1 Å². The molecule has 0 unspecified atom stereocenters. The molecule has 120 valence electrons. The monoisotopic (exact) mass is 300 g/mol. The minimum Gasteiger partial charge on any atom is -0.497 e. The zero-order chi connectivity index (χ0) is 16.2. The van der Waals surface area contributed by atoms with Crippen LogP contribution in [0.25, 0.3) is 0 Å². The molecule has 1 aliphatic rings. The fraction of sp³-hybridized carbons (Fsp3) is 0.550. The summed E-state index contributed by atoms with van der Waals surface area (Å²) in [6.07, 6.45) is 6.14. The average Bonchev–Trinajstić information content (AvgIpc) is 2.53. The van der Waals surface area contributed by atoms with Gasteiger partial charge in [-0.15, -0.1) is 0 Å². The first-order chi connectivity index (χ1) is 10.4. The van der Waals surface area contributed by atoms with Gasteiger partial charge in [0.2, 0.25) is 0 Å². The molecule has 1 saturated carbocycles. The van der Waals surface area contributed by atoms with Crippen LogP contribution in [0.4, 0.5) is 0 Å². The van der Waals surface area contributed by atoms with Gasteiger partial charge in [-0.25, -0.2) is 0 Å². The van der Waals surface area contributed by atoms with E-state index in [-0.39, 0.29) is 11.5 Å². The molecule has 0 bridgehead atoms. The molecule has 1 aromatic rings. The molecule has 2 rings (SSSR count). The van der Waals surface area contributed by atoms with Crippen LogP contribution >= 0.6 is 0 Å². The predicted octanol–water partition coefficient (Wildman–Crippen LogP) is 4.89. The van der Waals surface area contributed by atoms with Crippen molar-refractivity contribution in [2.45, 2.75) is 58.5 Å². The summed E-state index contributed by atoms with van der Waals surface area (Å²) in [4.78, 5) is 10.8. The summed E-state index contributed by atoms with van der Waals surface area (Å²) < 4.78 is 6.03. The van der Waals surface area contributed by atoms with Crippen LogP contribution in [-0.2, 0) is 14.9 Å². The van der Waals surface area contributed by atoms with Gasteiger partial charge in [0.15, 0.2) is 0 Å². The number of carbonyl (C=O) groups excluding carboxylic acids is 1. The molecule has 3 atom stereocenters.